The molecule has 2 aromatic carbocycles. The number of hydrogen-bond acceptors (Lipinski definition) is 5. The lowest BCUT2D eigenvalue weighted by atomic mass is 10.0. The highest BCUT2D eigenvalue weighted by Crippen LogP contribution is 2.32. The Morgan fingerprint density at radius 1 is 1.21 bits per heavy atom. The summed E-state index contributed by atoms with van der Waals surface area (Å²) in [5.74, 6) is 1.30. The summed E-state index contributed by atoms with van der Waals surface area (Å²) in [5, 5.41) is 7.97. The van der Waals surface area contributed by atoms with E-state index in [4.69, 9.17) is 16.3 Å². The van der Waals surface area contributed by atoms with E-state index in [1.54, 1.807) is 25.3 Å². The molecule has 0 saturated carbocycles. The van der Waals surface area contributed by atoms with Crippen LogP contribution in [0.25, 0.3) is 11.4 Å². The quantitative estimate of drug-likeness (QED) is 0.455. The molecule has 1 aromatic heterocycles. The lowest BCUT2D eigenvalue weighted by Crippen LogP contribution is -2.14. The van der Waals surface area contributed by atoms with Crippen LogP contribution in [0.4, 0.5) is 0 Å². The zero-order valence-electron chi connectivity index (χ0n) is 15.7. The van der Waals surface area contributed by atoms with Crippen molar-refractivity contribution in [2.75, 3.05) is 7.11 Å². The minimum atomic E-state index is -0.288. The van der Waals surface area contributed by atoms with Gasteiger partial charge in [0, 0.05) is 10.6 Å². The molecule has 0 amide bonds. The minimum Gasteiger partial charge on any atom is -0.496 e. The van der Waals surface area contributed by atoms with Gasteiger partial charge >= 0.3 is 0 Å². The monoisotopic (exact) mass is 413 g/mol. The molecule has 4 rings (SSSR count). The van der Waals surface area contributed by atoms with Gasteiger partial charge in [0.2, 0.25) is 5.16 Å². The van der Waals surface area contributed by atoms with Gasteiger partial charge in [-0.1, -0.05) is 35.5 Å². The topological polar surface area (TPSA) is 67.9 Å². The van der Waals surface area contributed by atoms with Crippen molar-refractivity contribution in [1.29, 1.82) is 0 Å². The van der Waals surface area contributed by atoms with Gasteiger partial charge in [-0.2, -0.15) is 0 Å². The van der Waals surface area contributed by atoms with Crippen LogP contribution in [-0.2, 0) is 12.8 Å². The molecule has 1 aliphatic carbocycles. The molecule has 0 spiro atoms. The molecule has 1 N–H and O–H groups in total. The standard InChI is InChI=1S/C21H20ClN3O2S/c1-12(19(26)15-7-6-13-4-3-5-14(13)10-15)28-21-23-20(24-25-21)17-11-16(22)8-9-18(17)27-2/h6-12H,3-5H2,1-2H3,(H,23,24,25)/t12-/m1/s1. The number of aromatic nitrogens is 3. The molecule has 0 saturated heterocycles. The molecule has 5 nitrogen and oxygen atoms in total. The van der Waals surface area contributed by atoms with Crippen molar-refractivity contribution >= 4 is 29.1 Å². The Morgan fingerprint density at radius 3 is 2.86 bits per heavy atom. The average molecular weight is 414 g/mol. The summed E-state index contributed by atoms with van der Waals surface area (Å²) in [4.78, 5) is 17.4. The van der Waals surface area contributed by atoms with E-state index >= 15 is 0 Å². The number of carbonyl (C=O) groups excluding carboxylic acids is 1. The van der Waals surface area contributed by atoms with Crippen LogP contribution in [0, 0.1) is 0 Å². The van der Waals surface area contributed by atoms with Crippen molar-refractivity contribution in [1.82, 2.24) is 15.2 Å². The Kier molecular flexibility index (Phi) is 5.42. The van der Waals surface area contributed by atoms with Crippen molar-refractivity contribution in [2.45, 2.75) is 36.6 Å². The number of ketones is 1. The van der Waals surface area contributed by atoms with Crippen LogP contribution in [0.3, 0.4) is 0 Å². The van der Waals surface area contributed by atoms with Gasteiger partial charge in [0.25, 0.3) is 0 Å². The summed E-state index contributed by atoms with van der Waals surface area (Å²) in [6, 6.07) is 11.4. The van der Waals surface area contributed by atoms with Crippen LogP contribution >= 0.6 is 23.4 Å². The molecule has 0 unspecified atom stereocenters. The second kappa shape index (κ2) is 7.97. The first-order valence-electron chi connectivity index (χ1n) is 9.14. The molecule has 144 valence electrons. The maximum atomic E-state index is 12.8. The van der Waals surface area contributed by atoms with Crippen LogP contribution < -0.4 is 4.74 Å². The molecule has 1 heterocycles. The predicted octanol–water partition coefficient (Wildman–Crippen LogP) is 4.99. The zero-order valence-corrected chi connectivity index (χ0v) is 17.2. The normalized spacial score (nSPS) is 14.0. The van der Waals surface area contributed by atoms with E-state index < -0.39 is 0 Å². The summed E-state index contributed by atoms with van der Waals surface area (Å²) in [7, 11) is 1.59. The number of nitrogens with zero attached hydrogens (tertiary/aromatic N) is 2. The molecule has 0 radical (unpaired) electrons. The highest BCUT2D eigenvalue weighted by molar-refractivity contribution is 8.00. The van der Waals surface area contributed by atoms with Gasteiger partial charge in [-0.3, -0.25) is 9.89 Å². The maximum Gasteiger partial charge on any atom is 0.209 e. The Morgan fingerprint density at radius 2 is 2.04 bits per heavy atom. The lowest BCUT2D eigenvalue weighted by Gasteiger charge is -2.09. The Hall–Kier alpha value is -2.31. The van der Waals surface area contributed by atoms with Gasteiger partial charge in [0.1, 0.15) is 5.75 Å². The molecule has 28 heavy (non-hydrogen) atoms. The number of hydrogen-bond donors (Lipinski definition) is 1. The van der Waals surface area contributed by atoms with E-state index in [-0.39, 0.29) is 11.0 Å². The largest absolute Gasteiger partial charge is 0.496 e. The summed E-state index contributed by atoms with van der Waals surface area (Å²) in [6.07, 6.45) is 3.34. The third-order valence-corrected chi connectivity index (χ3v) is 6.11. The van der Waals surface area contributed by atoms with E-state index in [0.717, 1.165) is 24.0 Å². The number of aromatic amines is 1. The fourth-order valence-corrected chi connectivity index (χ4v) is 4.43. The molecular formula is C21H20ClN3O2S. The van der Waals surface area contributed by atoms with Crippen LogP contribution in [0.15, 0.2) is 41.6 Å². The van der Waals surface area contributed by atoms with E-state index in [9.17, 15) is 4.79 Å². The van der Waals surface area contributed by atoms with Crippen molar-refractivity contribution in [3.05, 3.63) is 58.1 Å². The third-order valence-electron chi connectivity index (χ3n) is 4.92. The molecular weight excluding hydrogens is 394 g/mol. The zero-order chi connectivity index (χ0) is 19.7. The fourth-order valence-electron chi connectivity index (χ4n) is 3.46. The molecule has 0 aliphatic heterocycles. The fraction of sp³-hybridized carbons (Fsp3) is 0.286. The van der Waals surface area contributed by atoms with Gasteiger partial charge in [-0.25, -0.2) is 4.98 Å². The maximum absolute atomic E-state index is 12.8. The first kappa shape index (κ1) is 19.0. The number of fused-ring (bicyclic) bond motifs is 1. The number of aryl methyl sites for hydroxylation is 2. The first-order valence-corrected chi connectivity index (χ1v) is 10.4. The van der Waals surface area contributed by atoms with Gasteiger partial charge in [0.05, 0.1) is 17.9 Å². The summed E-state index contributed by atoms with van der Waals surface area (Å²) in [5.41, 5.74) is 4.15. The Labute approximate surface area is 172 Å². The van der Waals surface area contributed by atoms with Crippen LogP contribution in [-0.4, -0.2) is 33.3 Å². The number of carbonyl (C=O) groups is 1. The second-order valence-electron chi connectivity index (χ2n) is 6.77. The summed E-state index contributed by atoms with van der Waals surface area (Å²) in [6.45, 7) is 1.89. The van der Waals surface area contributed by atoms with E-state index in [2.05, 4.69) is 21.2 Å². The molecule has 0 fully saturated rings. The average Bonchev–Trinajstić information content (AvgIpc) is 3.36. The Bertz CT molecular complexity index is 1030. The SMILES string of the molecule is COc1ccc(Cl)cc1-c1nc(S[C@H](C)C(=O)c2ccc3c(c2)CCC3)n[nH]1. The van der Waals surface area contributed by atoms with Gasteiger partial charge in [0.15, 0.2) is 11.6 Å². The minimum absolute atomic E-state index is 0.0892. The number of ether oxygens (including phenoxy) is 1. The number of methoxy groups -OCH3 is 1. The number of benzene rings is 2. The lowest BCUT2D eigenvalue weighted by molar-refractivity contribution is 0.0994. The number of H-pyrrole nitrogens is 1. The molecule has 1 aliphatic rings. The molecule has 0 bridgehead atoms. The third kappa shape index (κ3) is 3.80. The van der Waals surface area contributed by atoms with Crippen LogP contribution in [0.1, 0.15) is 34.8 Å². The first-order chi connectivity index (χ1) is 13.5. The number of nitrogens with one attached hydrogen (secondary N) is 1. The van der Waals surface area contributed by atoms with E-state index in [1.165, 1.54) is 29.3 Å². The van der Waals surface area contributed by atoms with E-state index in [1.807, 2.05) is 19.1 Å². The number of Topliss-reactive ketones (excluding diaryl/α,β-unsaturated/α-hetero) is 1. The van der Waals surface area contributed by atoms with Gasteiger partial charge in [-0.05, 0) is 61.6 Å². The predicted molar refractivity (Wildman–Crippen MR) is 111 cm³/mol. The van der Waals surface area contributed by atoms with Crippen molar-refractivity contribution in [3.8, 4) is 17.1 Å². The van der Waals surface area contributed by atoms with Crippen molar-refractivity contribution in [3.63, 3.8) is 0 Å². The second-order valence-corrected chi connectivity index (χ2v) is 8.52. The highest BCUT2D eigenvalue weighted by Gasteiger charge is 2.21. The van der Waals surface area contributed by atoms with Crippen molar-refractivity contribution in [2.24, 2.45) is 0 Å². The summed E-state index contributed by atoms with van der Waals surface area (Å²) < 4.78 is 5.37. The Balaban J connectivity index is 1.51. The van der Waals surface area contributed by atoms with Gasteiger partial charge in [-0.15, -0.1) is 5.10 Å². The number of halogens is 1. The van der Waals surface area contributed by atoms with Crippen molar-refractivity contribution < 1.29 is 9.53 Å². The summed E-state index contributed by atoms with van der Waals surface area (Å²) >= 11 is 7.43. The van der Waals surface area contributed by atoms with Gasteiger partial charge < -0.3 is 4.74 Å². The van der Waals surface area contributed by atoms with E-state index in [0.29, 0.717) is 21.8 Å². The highest BCUT2D eigenvalue weighted by atomic mass is 35.5. The molecule has 1 atom stereocenters. The van der Waals surface area contributed by atoms with Crippen LogP contribution in [0.2, 0.25) is 5.02 Å². The number of rotatable bonds is 6. The van der Waals surface area contributed by atoms with Crippen LogP contribution in [0.5, 0.6) is 5.75 Å². The molecule has 7 heteroatoms. The number of thioether (sulfide) groups is 1. The molecule has 3 aromatic rings. The smallest absolute Gasteiger partial charge is 0.209 e.